The summed E-state index contributed by atoms with van der Waals surface area (Å²) in [4.78, 5) is 2.53. The van der Waals surface area contributed by atoms with Crippen molar-refractivity contribution in [3.05, 3.63) is 211 Å². The Hall–Kier alpha value is -6.68. The van der Waals surface area contributed by atoms with E-state index in [2.05, 4.69) is 210 Å². The lowest BCUT2D eigenvalue weighted by Crippen LogP contribution is -2.30. The molecule has 0 N–H and O–H groups in total. The second-order valence-corrected chi connectivity index (χ2v) is 16.2. The van der Waals surface area contributed by atoms with E-state index in [0.29, 0.717) is 0 Å². The minimum absolute atomic E-state index is 0.164. The Kier molecular flexibility index (Phi) is 8.33. The molecule has 3 heteroatoms. The van der Waals surface area contributed by atoms with Crippen LogP contribution in [0.3, 0.4) is 0 Å². The molecule has 0 saturated heterocycles. The summed E-state index contributed by atoms with van der Waals surface area (Å²) in [6.07, 6.45) is 16.9. The number of para-hydroxylation sites is 1. The van der Waals surface area contributed by atoms with Gasteiger partial charge in [-0.05, 0) is 107 Å². The van der Waals surface area contributed by atoms with Crippen LogP contribution in [0.2, 0.25) is 0 Å². The van der Waals surface area contributed by atoms with Crippen LogP contribution in [0.15, 0.2) is 200 Å². The first-order valence-electron chi connectivity index (χ1n) is 20.0. The number of benzene rings is 7. The lowest BCUT2D eigenvalue weighted by atomic mass is 9.94. The van der Waals surface area contributed by atoms with E-state index in [1.807, 2.05) is 11.3 Å². The van der Waals surface area contributed by atoms with E-state index < -0.39 is 0 Å². The van der Waals surface area contributed by atoms with Crippen LogP contribution in [0, 0.1) is 0 Å². The number of hydrogen-bond acceptors (Lipinski definition) is 2. The molecule has 11 rings (SSSR count). The summed E-state index contributed by atoms with van der Waals surface area (Å²) < 4.78 is 5.09. The van der Waals surface area contributed by atoms with Crippen LogP contribution in [0.4, 0.5) is 11.4 Å². The Morgan fingerprint density at radius 2 is 1.35 bits per heavy atom. The minimum atomic E-state index is 0.164. The van der Waals surface area contributed by atoms with Crippen molar-refractivity contribution in [2.24, 2.45) is 0 Å². The molecule has 0 saturated carbocycles. The van der Waals surface area contributed by atoms with Crippen LogP contribution in [-0.2, 0) is 0 Å². The average molecular weight is 749 g/mol. The van der Waals surface area contributed by atoms with Gasteiger partial charge in [0.2, 0.25) is 0 Å². The maximum absolute atomic E-state index is 2.53. The number of rotatable bonds is 7. The molecule has 2 aliphatic carbocycles. The molecule has 0 fully saturated rings. The zero-order valence-electron chi connectivity index (χ0n) is 31.6. The second kappa shape index (κ2) is 14.1. The maximum Gasteiger partial charge on any atom is 0.0560 e. The summed E-state index contributed by atoms with van der Waals surface area (Å²) in [6.45, 7) is 0. The molecule has 0 bridgehead atoms. The highest BCUT2D eigenvalue weighted by atomic mass is 32.1. The Balaban J connectivity index is 1.03. The van der Waals surface area contributed by atoms with Crippen LogP contribution >= 0.6 is 11.3 Å². The molecule has 272 valence electrons. The van der Waals surface area contributed by atoms with Gasteiger partial charge in [-0.15, -0.1) is 11.3 Å². The highest BCUT2D eigenvalue weighted by Gasteiger charge is 2.23. The van der Waals surface area contributed by atoms with Crippen molar-refractivity contribution in [1.82, 2.24) is 4.57 Å². The van der Waals surface area contributed by atoms with Crippen LogP contribution in [0.5, 0.6) is 0 Å². The first kappa shape index (κ1) is 33.6. The van der Waals surface area contributed by atoms with Crippen molar-refractivity contribution in [2.75, 3.05) is 4.90 Å². The quantitative estimate of drug-likeness (QED) is 0.158. The lowest BCUT2D eigenvalue weighted by molar-refractivity contribution is 0.787. The van der Waals surface area contributed by atoms with Gasteiger partial charge in [0, 0.05) is 48.0 Å². The Morgan fingerprint density at radius 1 is 0.579 bits per heavy atom. The third-order valence-corrected chi connectivity index (χ3v) is 12.9. The third-order valence-electron chi connectivity index (χ3n) is 11.8. The van der Waals surface area contributed by atoms with Gasteiger partial charge in [-0.25, -0.2) is 0 Å². The molecular weight excluding hydrogens is 709 g/mol. The molecule has 2 aromatic heterocycles. The van der Waals surface area contributed by atoms with E-state index in [4.69, 9.17) is 0 Å². The van der Waals surface area contributed by atoms with Gasteiger partial charge < -0.3 is 9.47 Å². The van der Waals surface area contributed by atoms with Gasteiger partial charge in [-0.3, -0.25) is 0 Å². The summed E-state index contributed by atoms with van der Waals surface area (Å²) in [5.41, 5.74) is 13.7. The fourth-order valence-electron chi connectivity index (χ4n) is 9.07. The normalized spacial score (nSPS) is 15.4. The van der Waals surface area contributed by atoms with Gasteiger partial charge in [0.25, 0.3) is 0 Å². The summed E-state index contributed by atoms with van der Waals surface area (Å²) >= 11 is 1.87. The molecule has 0 radical (unpaired) electrons. The van der Waals surface area contributed by atoms with Gasteiger partial charge >= 0.3 is 0 Å². The number of nitrogens with zero attached hydrogens (tertiary/aromatic N) is 2. The van der Waals surface area contributed by atoms with E-state index in [-0.39, 0.29) is 6.04 Å². The largest absolute Gasteiger partial charge is 0.334 e. The van der Waals surface area contributed by atoms with Gasteiger partial charge in [0.05, 0.1) is 17.1 Å². The average Bonchev–Trinajstić information content (AvgIpc) is 3.83. The van der Waals surface area contributed by atoms with Gasteiger partial charge in [-0.2, -0.15) is 0 Å². The minimum Gasteiger partial charge on any atom is -0.334 e. The van der Waals surface area contributed by atoms with E-state index in [9.17, 15) is 0 Å². The molecule has 2 nitrogen and oxygen atoms in total. The van der Waals surface area contributed by atoms with Gasteiger partial charge in [0.1, 0.15) is 0 Å². The predicted octanol–water partition coefficient (Wildman–Crippen LogP) is 15.1. The molecule has 2 heterocycles. The number of thiophene rings is 1. The number of fused-ring (bicyclic) bond motifs is 6. The Labute approximate surface area is 337 Å². The molecular formula is C54H40N2S. The fourth-order valence-corrected chi connectivity index (χ4v) is 10.2. The SMILES string of the molecule is C1=CCCC(c2ccc(N(c3cccc(-c4cccc5c4c4ccccc4n5-c4ccc5c(c4)sc4ccccc45)c3)C3C=CC(c4ccccc4)=CC3)cc2)=C1. The van der Waals surface area contributed by atoms with E-state index in [1.54, 1.807) is 0 Å². The smallest absolute Gasteiger partial charge is 0.0560 e. The zero-order valence-corrected chi connectivity index (χ0v) is 32.4. The summed E-state index contributed by atoms with van der Waals surface area (Å²) in [5, 5.41) is 5.19. The second-order valence-electron chi connectivity index (χ2n) is 15.1. The zero-order chi connectivity index (χ0) is 37.7. The van der Waals surface area contributed by atoms with Crippen molar-refractivity contribution in [3.63, 3.8) is 0 Å². The monoisotopic (exact) mass is 748 g/mol. The molecule has 0 aliphatic heterocycles. The van der Waals surface area contributed by atoms with Crippen molar-refractivity contribution in [3.8, 4) is 16.8 Å². The number of aromatic nitrogens is 1. The summed E-state index contributed by atoms with van der Waals surface area (Å²) in [5.74, 6) is 0. The van der Waals surface area contributed by atoms with Gasteiger partial charge in [-0.1, -0.05) is 146 Å². The summed E-state index contributed by atoms with van der Waals surface area (Å²) in [7, 11) is 0. The number of hydrogen-bond donors (Lipinski definition) is 0. The van der Waals surface area contributed by atoms with Crippen LogP contribution in [-0.4, -0.2) is 10.6 Å². The molecule has 7 aromatic carbocycles. The van der Waals surface area contributed by atoms with Crippen molar-refractivity contribution < 1.29 is 0 Å². The maximum atomic E-state index is 2.53. The van der Waals surface area contributed by atoms with Crippen LogP contribution in [0.1, 0.15) is 30.4 Å². The Morgan fingerprint density at radius 3 is 2.19 bits per heavy atom. The molecule has 0 spiro atoms. The van der Waals surface area contributed by atoms with Crippen molar-refractivity contribution in [1.29, 1.82) is 0 Å². The molecule has 57 heavy (non-hydrogen) atoms. The molecule has 1 atom stereocenters. The topological polar surface area (TPSA) is 8.17 Å². The molecule has 0 amide bonds. The Bertz CT molecular complexity index is 3100. The molecule has 1 unspecified atom stereocenters. The lowest BCUT2D eigenvalue weighted by Gasteiger charge is -2.34. The molecule has 9 aromatic rings. The first-order chi connectivity index (χ1) is 28.3. The van der Waals surface area contributed by atoms with E-state index >= 15 is 0 Å². The van der Waals surface area contributed by atoms with E-state index in [0.717, 1.165) is 19.3 Å². The predicted molar refractivity (Wildman–Crippen MR) is 246 cm³/mol. The molecule has 2 aliphatic rings. The standard InChI is InChI=1S/C54H40N2S/c1-3-13-37(14-4-1)39-25-29-42(30-26-39)55(43-31-27-40(28-32-43)38-15-5-2-6-16-38)44-18-11-17-41(35-44)46-21-12-23-51-54(46)49-20-7-9-22-50(49)56(51)45-33-34-48-47-19-8-10-24-52(47)57-53(48)36-45/h1-5,7-15,17-29,31-36,42H,6,16,30H2. The summed E-state index contributed by atoms with van der Waals surface area (Å²) in [6, 6.07) is 60.7. The fraction of sp³-hybridized carbons (Fsp3) is 0.0741. The highest BCUT2D eigenvalue weighted by molar-refractivity contribution is 7.25. The van der Waals surface area contributed by atoms with Crippen molar-refractivity contribution >= 4 is 75.8 Å². The third kappa shape index (κ3) is 5.94. The van der Waals surface area contributed by atoms with Crippen LogP contribution < -0.4 is 4.90 Å². The number of allylic oxidation sites excluding steroid dienone is 6. The van der Waals surface area contributed by atoms with Gasteiger partial charge in [0.15, 0.2) is 0 Å². The number of anilines is 2. The van der Waals surface area contributed by atoms with Crippen LogP contribution in [0.25, 0.3) is 69.9 Å². The van der Waals surface area contributed by atoms with E-state index in [1.165, 1.54) is 92.4 Å². The highest BCUT2D eigenvalue weighted by Crippen LogP contribution is 2.42. The first-order valence-corrected chi connectivity index (χ1v) is 20.8. The van der Waals surface area contributed by atoms with Crippen molar-refractivity contribution in [2.45, 2.75) is 25.3 Å².